The first-order valence-corrected chi connectivity index (χ1v) is 30.6. The average Bonchev–Trinajstić information content (AvgIpc) is 1.23. The van der Waals surface area contributed by atoms with E-state index in [0.29, 0.717) is 88.6 Å². The largest absolute Gasteiger partial charge is 0.417 e. The van der Waals surface area contributed by atoms with Crippen LogP contribution in [0.25, 0.3) is 16.0 Å². The van der Waals surface area contributed by atoms with Gasteiger partial charge in [0.15, 0.2) is 0 Å². The zero-order chi connectivity index (χ0) is 63.9. The predicted molar refractivity (Wildman–Crippen MR) is 327 cm³/mol. The molecule has 2 aromatic carbocycles. The fourth-order valence-corrected chi connectivity index (χ4v) is 12.3. The fraction of sp³-hybridized carbons (Fsp3) is 0.500. The van der Waals surface area contributed by atoms with Gasteiger partial charge in [0.2, 0.25) is 35.1 Å². The van der Waals surface area contributed by atoms with Crippen molar-refractivity contribution in [3.8, 4) is 10.4 Å². The molecule has 1 unspecified atom stereocenters. The molecular weight excluding hydrogens is 1180 g/mol. The van der Waals surface area contributed by atoms with E-state index in [1.54, 1.807) is 54.9 Å². The van der Waals surface area contributed by atoms with E-state index in [9.17, 15) is 47.0 Å². The van der Waals surface area contributed by atoms with Gasteiger partial charge < -0.3 is 55.1 Å². The molecular formula is C62H77F4N13O9S. The molecule has 0 aliphatic carbocycles. The van der Waals surface area contributed by atoms with Gasteiger partial charge in [0.1, 0.15) is 31.1 Å². The number of alkyl halides is 3. The highest BCUT2D eigenvalue weighted by atomic mass is 32.1. The van der Waals surface area contributed by atoms with Crippen molar-refractivity contribution in [2.24, 2.45) is 5.41 Å². The van der Waals surface area contributed by atoms with E-state index in [0.717, 1.165) is 33.5 Å². The Morgan fingerprint density at radius 3 is 2.19 bits per heavy atom. The lowest BCUT2D eigenvalue weighted by Gasteiger charge is -2.44. The van der Waals surface area contributed by atoms with Crippen LogP contribution in [-0.2, 0) is 47.9 Å². The molecule has 0 saturated carbocycles. The number of carbonyl (C=O) groups excluding carboxylic acids is 5. The molecule has 3 fully saturated rings. The minimum absolute atomic E-state index is 0.00536. The number of aryl methyl sites for hydroxylation is 1. The van der Waals surface area contributed by atoms with Gasteiger partial charge in [-0.25, -0.2) is 19.3 Å². The van der Waals surface area contributed by atoms with Crippen LogP contribution in [0.15, 0.2) is 77.4 Å². The quantitative estimate of drug-likeness (QED) is 0.0489. The molecule has 0 bridgehead atoms. The van der Waals surface area contributed by atoms with Crippen LogP contribution in [0, 0.1) is 18.2 Å². The molecule has 478 valence electrons. The third-order valence-corrected chi connectivity index (χ3v) is 17.7. The number of pyridine rings is 1. The topological polar surface area (TPSA) is 251 Å². The van der Waals surface area contributed by atoms with E-state index in [-0.39, 0.29) is 75.2 Å². The number of anilines is 3. The number of rotatable bonds is 20. The van der Waals surface area contributed by atoms with Crippen molar-refractivity contribution in [3.63, 3.8) is 0 Å². The summed E-state index contributed by atoms with van der Waals surface area (Å²) in [6.45, 7) is 15.3. The third-order valence-electron chi connectivity index (χ3n) is 16.7. The number of carbonyl (C=O) groups is 5. The first-order valence-electron chi connectivity index (χ1n) is 29.7. The second kappa shape index (κ2) is 28.4. The Kier molecular flexibility index (Phi) is 21.0. The number of amides is 5. The summed E-state index contributed by atoms with van der Waals surface area (Å²) < 4.78 is 69.5. The molecule has 0 spiro atoms. The van der Waals surface area contributed by atoms with E-state index in [2.05, 4.69) is 45.7 Å². The minimum Gasteiger partial charge on any atom is -0.391 e. The van der Waals surface area contributed by atoms with Crippen molar-refractivity contribution in [1.82, 2.24) is 50.2 Å². The minimum atomic E-state index is -4.99. The normalized spacial score (nSPS) is 19.9. The van der Waals surface area contributed by atoms with Gasteiger partial charge in [-0.1, -0.05) is 51.1 Å². The highest BCUT2D eigenvalue weighted by molar-refractivity contribution is 7.13. The van der Waals surface area contributed by atoms with Gasteiger partial charge >= 0.3 is 6.18 Å². The van der Waals surface area contributed by atoms with Gasteiger partial charge in [-0.3, -0.25) is 38.6 Å². The Labute approximate surface area is 517 Å². The number of piperazine rings is 2. The number of nitrogens with zero attached hydrogens (tertiary/aromatic N) is 9. The van der Waals surface area contributed by atoms with Crippen LogP contribution in [0.3, 0.4) is 0 Å². The summed E-state index contributed by atoms with van der Waals surface area (Å²) >= 11 is 1.55. The van der Waals surface area contributed by atoms with Crippen LogP contribution in [0.4, 0.5) is 34.9 Å². The maximum absolute atomic E-state index is 16.3. The number of likely N-dealkylation sites (N-methyl/N-ethyl adjacent to an activating group) is 1. The maximum Gasteiger partial charge on any atom is 0.417 e. The Morgan fingerprint density at radius 1 is 0.876 bits per heavy atom. The summed E-state index contributed by atoms with van der Waals surface area (Å²) in [5, 5.41) is 18.9. The number of likely N-dealkylation sites (tertiary alicyclic amines) is 1. The molecule has 5 atom stereocenters. The van der Waals surface area contributed by atoms with Crippen molar-refractivity contribution < 1.29 is 56.1 Å². The maximum atomic E-state index is 16.3. The number of ether oxygens (including phenoxy) is 2. The van der Waals surface area contributed by atoms with Crippen molar-refractivity contribution in [2.75, 3.05) is 107 Å². The SMILES string of the molecule is Cc1ncsc1-c1ccc(CNC(=O)[C@@H]2C[C@@H](O)CN2C(=O)C(NC(=O)COCCOCC(=O)N2CCN(Cc3cnc(N4CC=C(c5cc(NC(=O)c6c[nH]c(=O)cc6C(F)(F)F)c(N6C[C@@H](C)N(C)[C@@H](C)C6)cc5F)CC4)nc3)CC2)C(C)(C)C)cc1. The second-order valence-electron chi connectivity index (χ2n) is 24.2. The third kappa shape index (κ3) is 16.4. The summed E-state index contributed by atoms with van der Waals surface area (Å²) in [7, 11) is 1.98. The molecule has 4 aliphatic rings. The van der Waals surface area contributed by atoms with Crippen LogP contribution < -0.4 is 31.3 Å². The lowest BCUT2D eigenvalue weighted by molar-refractivity contribution is -0.144. The molecule has 22 nitrogen and oxygen atoms in total. The van der Waals surface area contributed by atoms with Gasteiger partial charge in [0.05, 0.1) is 57.9 Å². The van der Waals surface area contributed by atoms with E-state index >= 15 is 4.39 Å². The van der Waals surface area contributed by atoms with Gasteiger partial charge in [0.25, 0.3) is 5.91 Å². The molecule has 7 heterocycles. The number of aliphatic hydroxyl groups is 1. The summed E-state index contributed by atoms with van der Waals surface area (Å²) in [5.74, 6) is -2.86. The standard InChI is InChI=1S/C62H77F4N13O9S/c1-37-30-78(31-38(2)74(37)7)50-25-48(63)45(23-49(50)72-57(84)46-29-67-52(81)24-47(46)62(64,65)66)42-12-14-77(15-13-42)60-69-27-41(28-70-60)32-75-16-18-76(19-17-75)54(83)35-88-21-20-87-34-53(82)73-56(61(4,5)6)59(86)79-33-44(80)22-51(79)58(85)68-26-40-8-10-43(11-9-40)55-39(3)71-36-89-55/h8-12,23-25,27-29,36-38,44,51,56,80H,13-22,26,30-35H2,1-7H3,(H,67,81)(H,68,85)(H,72,84)(H,73,82)/t37-,38+,44-,51+,56?/m1/s1. The van der Waals surface area contributed by atoms with Crippen molar-refractivity contribution in [3.05, 3.63) is 122 Å². The Bertz CT molecular complexity index is 3430. The van der Waals surface area contributed by atoms with E-state index in [4.69, 9.17) is 9.47 Å². The number of aliphatic hydroxyl groups excluding tert-OH is 1. The first kappa shape index (κ1) is 65.7. The Morgan fingerprint density at radius 2 is 1.56 bits per heavy atom. The lowest BCUT2D eigenvalue weighted by atomic mass is 9.85. The van der Waals surface area contributed by atoms with E-state index in [1.807, 2.05) is 68.0 Å². The smallest absolute Gasteiger partial charge is 0.391 e. The molecule has 27 heteroatoms. The zero-order valence-electron chi connectivity index (χ0n) is 51.0. The summed E-state index contributed by atoms with van der Waals surface area (Å²) in [4.78, 5) is 107. The summed E-state index contributed by atoms with van der Waals surface area (Å²) in [6, 6.07) is 9.01. The van der Waals surface area contributed by atoms with Crippen LogP contribution in [-0.4, -0.2) is 197 Å². The van der Waals surface area contributed by atoms with Crippen LogP contribution >= 0.6 is 11.3 Å². The predicted octanol–water partition coefficient (Wildman–Crippen LogP) is 5.32. The number of β-amino-alcohol motifs (C(OH)–C–C–N with tert-alkyl or cyclic N) is 1. The van der Waals surface area contributed by atoms with Gasteiger partial charge in [-0.15, -0.1) is 11.3 Å². The molecule has 0 radical (unpaired) electrons. The fourth-order valence-electron chi connectivity index (χ4n) is 11.5. The monoisotopic (exact) mass is 1260 g/mol. The highest BCUT2D eigenvalue weighted by Gasteiger charge is 2.45. The van der Waals surface area contributed by atoms with Gasteiger partial charge in [-0.05, 0) is 68.5 Å². The summed E-state index contributed by atoms with van der Waals surface area (Å²) in [5.41, 5.74) is 2.80. The number of nitrogens with one attached hydrogen (secondary N) is 4. The van der Waals surface area contributed by atoms with Crippen molar-refractivity contribution in [1.29, 1.82) is 0 Å². The number of aromatic nitrogens is 4. The molecule has 5 N–H and O–H groups in total. The molecule has 9 rings (SSSR count). The van der Waals surface area contributed by atoms with Gasteiger partial charge in [0, 0.05) is 126 Å². The van der Waals surface area contributed by atoms with Crippen molar-refractivity contribution >= 4 is 63.8 Å². The highest BCUT2D eigenvalue weighted by Crippen LogP contribution is 2.38. The number of H-pyrrole nitrogens is 1. The Hall–Kier alpha value is -7.69. The van der Waals surface area contributed by atoms with Crippen LogP contribution in [0.1, 0.15) is 85.8 Å². The molecule has 89 heavy (non-hydrogen) atoms. The molecule has 5 amide bonds. The van der Waals surface area contributed by atoms with Crippen molar-refractivity contribution in [2.45, 2.75) is 104 Å². The first-order chi connectivity index (χ1) is 42.3. The number of hydrogen-bond donors (Lipinski definition) is 5. The van der Waals surface area contributed by atoms with Crippen LogP contribution in [0.5, 0.6) is 0 Å². The number of halogens is 4. The molecule has 5 aromatic rings. The number of benzene rings is 2. The zero-order valence-corrected chi connectivity index (χ0v) is 51.8. The number of thiazole rings is 1. The number of aromatic amines is 1. The Balaban J connectivity index is 0.695. The van der Waals surface area contributed by atoms with Crippen LogP contribution in [0.2, 0.25) is 0 Å². The van der Waals surface area contributed by atoms with Gasteiger partial charge in [-0.2, -0.15) is 13.2 Å². The number of hydrogen-bond acceptors (Lipinski definition) is 17. The average molecular weight is 1260 g/mol. The molecule has 3 aromatic heterocycles. The van der Waals surface area contributed by atoms with E-state index in [1.165, 1.54) is 17.0 Å². The van der Waals surface area contributed by atoms with E-state index < -0.39 is 75.9 Å². The molecule has 4 aliphatic heterocycles. The second-order valence-corrected chi connectivity index (χ2v) is 25.1. The summed E-state index contributed by atoms with van der Waals surface area (Å²) in [6.07, 6.45) is 0.568. The molecule has 3 saturated heterocycles. The lowest BCUT2D eigenvalue weighted by Crippen LogP contribution is -2.58.